The number of morpholine rings is 1. The van der Waals surface area contributed by atoms with Crippen LogP contribution < -0.4 is 4.90 Å². The summed E-state index contributed by atoms with van der Waals surface area (Å²) in [6.45, 7) is 6.56. The molecule has 2 aliphatic heterocycles. The van der Waals surface area contributed by atoms with E-state index in [2.05, 4.69) is 45.1 Å². The minimum absolute atomic E-state index is 0.281. The summed E-state index contributed by atoms with van der Waals surface area (Å²) in [6, 6.07) is 16.1. The van der Waals surface area contributed by atoms with Gasteiger partial charge in [0.15, 0.2) is 5.82 Å². The van der Waals surface area contributed by atoms with Gasteiger partial charge in [-0.2, -0.15) is 5.10 Å². The molecule has 2 aromatic heterocycles. The first-order chi connectivity index (χ1) is 18.7. The SMILES string of the molecule is Cc1cc2cnn(-c3cc(N4CCOCC4)ncn3)c2cc1C1=CCN(C(=O)OCc2ccccc2)CC1. The van der Waals surface area contributed by atoms with E-state index in [1.807, 2.05) is 47.3 Å². The van der Waals surface area contributed by atoms with Crippen LogP contribution in [0.5, 0.6) is 0 Å². The first-order valence-corrected chi connectivity index (χ1v) is 12.9. The van der Waals surface area contributed by atoms with Crippen LogP contribution in [-0.2, 0) is 16.1 Å². The summed E-state index contributed by atoms with van der Waals surface area (Å²) >= 11 is 0. The number of amides is 1. The molecule has 0 atom stereocenters. The fraction of sp³-hybridized carbons (Fsp3) is 0.310. The van der Waals surface area contributed by atoms with E-state index >= 15 is 0 Å². The second-order valence-corrected chi connectivity index (χ2v) is 9.58. The number of hydrogen-bond donors (Lipinski definition) is 0. The molecule has 0 bridgehead atoms. The van der Waals surface area contributed by atoms with Gasteiger partial charge in [-0.05, 0) is 47.7 Å². The number of carbonyl (C=O) groups excluding carboxylic acids is 1. The number of benzene rings is 2. The molecule has 2 aromatic carbocycles. The Hall–Kier alpha value is -4.24. The van der Waals surface area contributed by atoms with Crippen molar-refractivity contribution in [1.29, 1.82) is 0 Å². The van der Waals surface area contributed by atoms with Gasteiger partial charge in [-0.15, -0.1) is 0 Å². The molecule has 2 aliphatic rings. The average Bonchev–Trinajstić information content (AvgIpc) is 3.39. The number of anilines is 1. The quantitative estimate of drug-likeness (QED) is 0.394. The van der Waals surface area contributed by atoms with Crippen LogP contribution in [0.4, 0.5) is 10.6 Å². The van der Waals surface area contributed by atoms with Crippen LogP contribution >= 0.6 is 0 Å². The van der Waals surface area contributed by atoms with Gasteiger partial charge >= 0.3 is 6.09 Å². The lowest BCUT2D eigenvalue weighted by molar-refractivity contribution is 0.0998. The molecule has 0 saturated carbocycles. The Morgan fingerprint density at radius 2 is 1.84 bits per heavy atom. The predicted molar refractivity (Wildman–Crippen MR) is 145 cm³/mol. The zero-order chi connectivity index (χ0) is 25.9. The Balaban J connectivity index is 1.21. The molecule has 0 aliphatic carbocycles. The summed E-state index contributed by atoms with van der Waals surface area (Å²) in [5, 5.41) is 5.71. The lowest BCUT2D eigenvalue weighted by Crippen LogP contribution is -2.36. The van der Waals surface area contributed by atoms with Crippen molar-refractivity contribution in [3.8, 4) is 5.82 Å². The highest BCUT2D eigenvalue weighted by Crippen LogP contribution is 2.30. The Kier molecular flexibility index (Phi) is 6.75. The molecule has 9 heteroatoms. The number of aryl methyl sites for hydroxylation is 1. The largest absolute Gasteiger partial charge is 0.445 e. The normalized spacial score (nSPS) is 16.0. The van der Waals surface area contributed by atoms with Crippen LogP contribution in [0.15, 0.2) is 67.1 Å². The highest BCUT2D eigenvalue weighted by Gasteiger charge is 2.21. The van der Waals surface area contributed by atoms with Crippen molar-refractivity contribution in [3.63, 3.8) is 0 Å². The molecule has 4 heterocycles. The van der Waals surface area contributed by atoms with Crippen LogP contribution in [0.1, 0.15) is 23.1 Å². The Morgan fingerprint density at radius 1 is 1.03 bits per heavy atom. The second kappa shape index (κ2) is 10.6. The molecule has 1 amide bonds. The smallest absolute Gasteiger partial charge is 0.410 e. The van der Waals surface area contributed by atoms with Gasteiger partial charge in [0.1, 0.15) is 18.8 Å². The topological polar surface area (TPSA) is 85.6 Å². The second-order valence-electron chi connectivity index (χ2n) is 9.58. The highest BCUT2D eigenvalue weighted by molar-refractivity contribution is 5.86. The van der Waals surface area contributed by atoms with Crippen LogP contribution in [-0.4, -0.2) is 70.1 Å². The van der Waals surface area contributed by atoms with E-state index in [9.17, 15) is 4.79 Å². The average molecular weight is 511 g/mol. The molecule has 6 rings (SSSR count). The van der Waals surface area contributed by atoms with Crippen LogP contribution in [0.25, 0.3) is 22.3 Å². The van der Waals surface area contributed by atoms with Gasteiger partial charge in [0.2, 0.25) is 0 Å². The van der Waals surface area contributed by atoms with Crippen molar-refractivity contribution < 1.29 is 14.3 Å². The molecule has 0 radical (unpaired) electrons. The Labute approximate surface area is 221 Å². The summed E-state index contributed by atoms with van der Waals surface area (Å²) in [7, 11) is 0. The van der Waals surface area contributed by atoms with Crippen LogP contribution in [0, 0.1) is 6.92 Å². The standard InChI is InChI=1S/C29H30N6O3/c1-21-15-24-18-32-35(28-17-27(30-20-31-28)33-11-13-37-14-12-33)26(24)16-25(21)23-7-9-34(10-8-23)29(36)38-19-22-5-3-2-4-6-22/h2-7,15-18,20H,8-14,19H2,1H3. The van der Waals surface area contributed by atoms with Gasteiger partial charge < -0.3 is 19.3 Å². The van der Waals surface area contributed by atoms with Crippen LogP contribution in [0.2, 0.25) is 0 Å². The third-order valence-corrected chi connectivity index (χ3v) is 7.12. The molecular weight excluding hydrogens is 480 g/mol. The molecular formula is C29H30N6O3. The van der Waals surface area contributed by atoms with Crippen molar-refractivity contribution in [1.82, 2.24) is 24.6 Å². The number of ether oxygens (including phenoxy) is 2. The minimum Gasteiger partial charge on any atom is -0.445 e. The maximum Gasteiger partial charge on any atom is 0.410 e. The number of carbonyl (C=O) groups is 1. The van der Waals surface area contributed by atoms with Crippen LogP contribution in [0.3, 0.4) is 0 Å². The highest BCUT2D eigenvalue weighted by atomic mass is 16.6. The molecule has 1 fully saturated rings. The van der Waals surface area contributed by atoms with E-state index in [4.69, 9.17) is 9.47 Å². The number of aromatic nitrogens is 4. The first-order valence-electron chi connectivity index (χ1n) is 12.9. The van der Waals surface area contributed by atoms with E-state index in [0.717, 1.165) is 47.6 Å². The summed E-state index contributed by atoms with van der Waals surface area (Å²) in [5.74, 6) is 1.61. The van der Waals surface area contributed by atoms with Gasteiger partial charge in [-0.1, -0.05) is 36.4 Å². The van der Waals surface area contributed by atoms with Gasteiger partial charge in [-0.3, -0.25) is 0 Å². The van der Waals surface area contributed by atoms with Crippen molar-refractivity contribution >= 4 is 28.4 Å². The Bertz CT molecular complexity index is 1480. The van der Waals surface area contributed by atoms with E-state index in [1.54, 1.807) is 11.2 Å². The van der Waals surface area contributed by atoms with Crippen molar-refractivity contribution in [2.45, 2.75) is 20.0 Å². The molecule has 0 spiro atoms. The predicted octanol–water partition coefficient (Wildman–Crippen LogP) is 4.39. The number of nitrogens with zero attached hydrogens (tertiary/aromatic N) is 6. The molecule has 194 valence electrons. The van der Waals surface area contributed by atoms with E-state index in [-0.39, 0.29) is 12.7 Å². The van der Waals surface area contributed by atoms with Gasteiger partial charge in [-0.25, -0.2) is 19.4 Å². The molecule has 38 heavy (non-hydrogen) atoms. The first kappa shape index (κ1) is 24.1. The van der Waals surface area contributed by atoms with E-state index in [0.29, 0.717) is 26.3 Å². The lowest BCUT2D eigenvalue weighted by atomic mass is 9.94. The van der Waals surface area contributed by atoms with Gasteiger partial charge in [0, 0.05) is 37.6 Å². The summed E-state index contributed by atoms with van der Waals surface area (Å²) in [4.78, 5) is 25.6. The molecule has 0 N–H and O–H groups in total. The molecule has 9 nitrogen and oxygen atoms in total. The third-order valence-electron chi connectivity index (χ3n) is 7.12. The van der Waals surface area contributed by atoms with Crippen molar-refractivity contribution in [3.05, 3.63) is 83.8 Å². The minimum atomic E-state index is -0.283. The summed E-state index contributed by atoms with van der Waals surface area (Å²) in [5.41, 5.74) is 5.54. The van der Waals surface area contributed by atoms with E-state index in [1.165, 1.54) is 16.7 Å². The number of hydrogen-bond acceptors (Lipinski definition) is 7. The maximum atomic E-state index is 12.6. The van der Waals surface area contributed by atoms with Gasteiger partial charge in [0.05, 0.1) is 24.9 Å². The fourth-order valence-electron chi connectivity index (χ4n) is 5.02. The molecule has 4 aromatic rings. The zero-order valence-corrected chi connectivity index (χ0v) is 21.4. The third kappa shape index (κ3) is 4.97. The van der Waals surface area contributed by atoms with Crippen molar-refractivity contribution in [2.24, 2.45) is 0 Å². The monoisotopic (exact) mass is 510 g/mol. The zero-order valence-electron chi connectivity index (χ0n) is 21.4. The number of fused-ring (bicyclic) bond motifs is 1. The molecule has 1 saturated heterocycles. The van der Waals surface area contributed by atoms with Crippen molar-refractivity contribution in [2.75, 3.05) is 44.3 Å². The summed E-state index contributed by atoms with van der Waals surface area (Å²) < 4.78 is 12.9. The van der Waals surface area contributed by atoms with Gasteiger partial charge in [0.25, 0.3) is 0 Å². The Morgan fingerprint density at radius 3 is 2.63 bits per heavy atom. The number of rotatable bonds is 5. The van der Waals surface area contributed by atoms with E-state index < -0.39 is 0 Å². The fourth-order valence-corrected chi connectivity index (χ4v) is 5.02. The molecule has 0 unspecified atom stereocenters. The maximum absolute atomic E-state index is 12.6. The summed E-state index contributed by atoms with van der Waals surface area (Å²) in [6.07, 6.45) is 6.08. The lowest BCUT2D eigenvalue weighted by Gasteiger charge is -2.27.